The predicted molar refractivity (Wildman–Crippen MR) is 85.4 cm³/mol. The van der Waals surface area contributed by atoms with Crippen LogP contribution in [-0.2, 0) is 0 Å². The quantitative estimate of drug-likeness (QED) is 0.896. The van der Waals surface area contributed by atoms with Crippen LogP contribution in [0.25, 0.3) is 0 Å². The van der Waals surface area contributed by atoms with Gasteiger partial charge < -0.3 is 10.1 Å². The molecule has 2 heteroatoms. The Morgan fingerprint density at radius 2 is 1.52 bits per heavy atom. The van der Waals surface area contributed by atoms with E-state index in [1.54, 1.807) is 7.11 Å². The minimum Gasteiger partial charge on any atom is -0.497 e. The topological polar surface area (TPSA) is 21.3 Å². The van der Waals surface area contributed by atoms with Crippen molar-refractivity contribution in [1.82, 2.24) is 5.32 Å². The Bertz CT molecular complexity index is 467. The zero-order chi connectivity index (χ0) is 14.4. The maximum atomic E-state index is 5.26. The van der Waals surface area contributed by atoms with Gasteiger partial charge in [-0.2, -0.15) is 0 Å². The van der Waals surface area contributed by atoms with E-state index in [2.05, 4.69) is 36.5 Å². The Morgan fingerprint density at radius 1 is 0.952 bits per heavy atom. The molecule has 114 valence electrons. The van der Waals surface area contributed by atoms with Crippen LogP contribution in [0, 0.1) is 23.7 Å². The number of benzene rings is 1. The van der Waals surface area contributed by atoms with E-state index in [-0.39, 0.29) is 0 Å². The fraction of sp³-hybridized carbons (Fsp3) is 0.684. The third-order valence-corrected chi connectivity index (χ3v) is 6.28. The van der Waals surface area contributed by atoms with Gasteiger partial charge in [0.05, 0.1) is 7.11 Å². The summed E-state index contributed by atoms with van der Waals surface area (Å²) in [6.07, 6.45) is 7.48. The van der Waals surface area contributed by atoms with E-state index in [9.17, 15) is 0 Å². The zero-order valence-electron chi connectivity index (χ0n) is 13.2. The van der Waals surface area contributed by atoms with Gasteiger partial charge in [0, 0.05) is 12.1 Å². The van der Waals surface area contributed by atoms with E-state index in [4.69, 9.17) is 4.74 Å². The van der Waals surface area contributed by atoms with Crippen molar-refractivity contribution in [3.8, 4) is 5.75 Å². The van der Waals surface area contributed by atoms with Crippen LogP contribution in [0.1, 0.15) is 50.6 Å². The fourth-order valence-corrected chi connectivity index (χ4v) is 5.47. The van der Waals surface area contributed by atoms with Crippen LogP contribution >= 0.6 is 0 Å². The van der Waals surface area contributed by atoms with Crippen molar-refractivity contribution >= 4 is 0 Å². The summed E-state index contributed by atoms with van der Waals surface area (Å²) in [6, 6.07) is 9.75. The highest BCUT2D eigenvalue weighted by atomic mass is 16.5. The maximum absolute atomic E-state index is 5.26. The fourth-order valence-electron chi connectivity index (χ4n) is 5.47. The molecule has 4 bridgehead atoms. The second kappa shape index (κ2) is 5.31. The molecule has 4 saturated carbocycles. The Balaban J connectivity index is 1.45. The highest BCUT2D eigenvalue weighted by Gasteiger charge is 2.48. The smallest absolute Gasteiger partial charge is 0.118 e. The van der Waals surface area contributed by atoms with Crippen molar-refractivity contribution in [3.05, 3.63) is 29.8 Å². The first-order valence-electron chi connectivity index (χ1n) is 8.63. The minimum atomic E-state index is 0.443. The summed E-state index contributed by atoms with van der Waals surface area (Å²) < 4.78 is 5.26. The number of rotatable bonds is 4. The van der Waals surface area contributed by atoms with Crippen LogP contribution in [0.5, 0.6) is 5.75 Å². The number of nitrogens with one attached hydrogen (secondary N) is 1. The van der Waals surface area contributed by atoms with Gasteiger partial charge >= 0.3 is 0 Å². The van der Waals surface area contributed by atoms with E-state index in [0.29, 0.717) is 6.04 Å². The summed E-state index contributed by atoms with van der Waals surface area (Å²) in [5.41, 5.74) is 1.38. The summed E-state index contributed by atoms with van der Waals surface area (Å²) in [6.45, 7) is 2.31. The first kappa shape index (κ1) is 13.6. The molecule has 1 aromatic carbocycles. The Labute approximate surface area is 128 Å². The summed E-state index contributed by atoms with van der Waals surface area (Å²) in [5.74, 6) is 4.95. The lowest BCUT2D eigenvalue weighted by Gasteiger charge is -2.55. The highest BCUT2D eigenvalue weighted by Crippen LogP contribution is 2.54. The van der Waals surface area contributed by atoms with Crippen molar-refractivity contribution in [1.29, 1.82) is 0 Å². The van der Waals surface area contributed by atoms with Crippen molar-refractivity contribution < 1.29 is 4.74 Å². The van der Waals surface area contributed by atoms with Gasteiger partial charge in [0.15, 0.2) is 0 Å². The second-order valence-corrected chi connectivity index (χ2v) is 7.62. The van der Waals surface area contributed by atoms with Gasteiger partial charge in [-0.05, 0) is 80.4 Å². The molecule has 1 atom stereocenters. The molecule has 0 unspecified atom stereocenters. The lowest BCUT2D eigenvalue weighted by Crippen LogP contribution is -2.54. The van der Waals surface area contributed by atoms with Crippen molar-refractivity contribution in [2.45, 2.75) is 51.1 Å². The van der Waals surface area contributed by atoms with Crippen LogP contribution in [0.2, 0.25) is 0 Å². The zero-order valence-corrected chi connectivity index (χ0v) is 13.2. The average molecular weight is 285 g/mol. The van der Waals surface area contributed by atoms with Crippen molar-refractivity contribution in [2.75, 3.05) is 7.11 Å². The molecule has 4 aliphatic carbocycles. The van der Waals surface area contributed by atoms with Crippen molar-refractivity contribution in [2.24, 2.45) is 23.7 Å². The van der Waals surface area contributed by atoms with Gasteiger partial charge in [-0.3, -0.25) is 0 Å². The van der Waals surface area contributed by atoms with E-state index < -0.39 is 0 Å². The molecule has 0 radical (unpaired) electrons. The molecule has 4 fully saturated rings. The van der Waals surface area contributed by atoms with Crippen molar-refractivity contribution in [3.63, 3.8) is 0 Å². The van der Waals surface area contributed by atoms with Crippen LogP contribution in [0.15, 0.2) is 24.3 Å². The molecule has 0 spiro atoms. The summed E-state index contributed by atoms with van der Waals surface area (Å²) in [4.78, 5) is 0. The SMILES string of the molecule is COc1ccc([C@H](C)NC2C3CC4CC(C3)CC2C4)cc1. The summed E-state index contributed by atoms with van der Waals surface area (Å²) in [7, 11) is 1.73. The maximum Gasteiger partial charge on any atom is 0.118 e. The number of ether oxygens (including phenoxy) is 1. The van der Waals surface area contributed by atoms with Gasteiger partial charge in [0.2, 0.25) is 0 Å². The summed E-state index contributed by atoms with van der Waals surface area (Å²) >= 11 is 0. The Hall–Kier alpha value is -1.02. The third kappa shape index (κ3) is 2.48. The molecule has 0 amide bonds. The minimum absolute atomic E-state index is 0.443. The molecule has 21 heavy (non-hydrogen) atoms. The lowest BCUT2D eigenvalue weighted by molar-refractivity contribution is -0.0171. The van der Waals surface area contributed by atoms with Gasteiger partial charge in [-0.1, -0.05) is 12.1 Å². The van der Waals surface area contributed by atoms with E-state index in [0.717, 1.165) is 35.5 Å². The lowest BCUT2D eigenvalue weighted by atomic mass is 9.54. The first-order chi connectivity index (χ1) is 10.2. The second-order valence-electron chi connectivity index (χ2n) is 7.62. The monoisotopic (exact) mass is 285 g/mol. The van der Waals surface area contributed by atoms with Gasteiger partial charge in [0.1, 0.15) is 5.75 Å². The number of hydrogen-bond donors (Lipinski definition) is 1. The van der Waals surface area contributed by atoms with E-state index in [1.807, 2.05) is 0 Å². The molecular weight excluding hydrogens is 258 g/mol. The molecule has 1 N–H and O–H groups in total. The van der Waals surface area contributed by atoms with Gasteiger partial charge in [-0.15, -0.1) is 0 Å². The molecular formula is C19H27NO. The Morgan fingerprint density at radius 3 is 2.05 bits per heavy atom. The molecule has 0 heterocycles. The molecule has 4 aliphatic rings. The third-order valence-electron chi connectivity index (χ3n) is 6.28. The normalized spacial score (nSPS) is 38.5. The van der Waals surface area contributed by atoms with E-state index in [1.165, 1.54) is 37.7 Å². The number of hydrogen-bond acceptors (Lipinski definition) is 2. The highest BCUT2D eigenvalue weighted by molar-refractivity contribution is 5.29. The van der Waals surface area contributed by atoms with Gasteiger partial charge in [-0.25, -0.2) is 0 Å². The average Bonchev–Trinajstić information content (AvgIpc) is 2.50. The Kier molecular flexibility index (Phi) is 3.45. The predicted octanol–water partition coefficient (Wildman–Crippen LogP) is 4.17. The first-order valence-corrected chi connectivity index (χ1v) is 8.63. The van der Waals surface area contributed by atoms with E-state index >= 15 is 0 Å². The largest absolute Gasteiger partial charge is 0.497 e. The van der Waals surface area contributed by atoms with Crippen LogP contribution in [-0.4, -0.2) is 13.2 Å². The molecule has 0 saturated heterocycles. The summed E-state index contributed by atoms with van der Waals surface area (Å²) in [5, 5.41) is 3.97. The van der Waals surface area contributed by atoms with Gasteiger partial charge in [0.25, 0.3) is 0 Å². The molecule has 0 aromatic heterocycles. The number of methoxy groups -OCH3 is 1. The molecule has 2 nitrogen and oxygen atoms in total. The molecule has 0 aliphatic heterocycles. The standard InChI is InChI=1S/C19H27NO/c1-12(15-3-5-18(21-2)6-4-15)20-19-16-8-13-7-14(10-16)11-17(19)9-13/h3-6,12-14,16-17,19-20H,7-11H2,1-2H3/t12-,13?,14?,16?,17?,19?/m0/s1. The van der Waals surface area contributed by atoms with Crippen LogP contribution in [0.4, 0.5) is 0 Å². The van der Waals surface area contributed by atoms with Crippen LogP contribution in [0.3, 0.4) is 0 Å². The molecule has 5 rings (SSSR count). The molecule has 1 aromatic rings. The van der Waals surface area contributed by atoms with Crippen LogP contribution < -0.4 is 10.1 Å².